The van der Waals surface area contributed by atoms with Crippen LogP contribution >= 0.6 is 11.6 Å². The van der Waals surface area contributed by atoms with E-state index >= 15 is 0 Å². The normalized spacial score (nSPS) is 17.1. The summed E-state index contributed by atoms with van der Waals surface area (Å²) >= 11 is 6.70. The second kappa shape index (κ2) is 6.48. The molecule has 0 aromatic heterocycles. The molecule has 34 heavy (non-hydrogen) atoms. The van der Waals surface area contributed by atoms with Crippen LogP contribution in [0.2, 0.25) is 5.02 Å². The second-order valence-electron chi connectivity index (χ2n) is 9.48. The molecule has 0 saturated heterocycles. The summed E-state index contributed by atoms with van der Waals surface area (Å²) in [5, 5.41) is 11.9. The smallest absolute Gasteiger partial charge is 0.0843 e. The van der Waals surface area contributed by atoms with Crippen LogP contribution in [-0.4, -0.2) is 8.07 Å². The number of benzene rings is 6. The van der Waals surface area contributed by atoms with Crippen molar-refractivity contribution >= 4 is 62.0 Å². The SMILES string of the molecule is Clc1ccc2c(c1)[Si]1(c3ccccc3-c3cc4ccccc4cc31)c1cc3ccccc3cc1-2. The quantitative estimate of drug-likeness (QED) is 0.241. The second-order valence-corrected chi connectivity index (χ2v) is 13.6. The van der Waals surface area contributed by atoms with Gasteiger partial charge in [0.1, 0.15) is 0 Å². The van der Waals surface area contributed by atoms with Gasteiger partial charge in [0.2, 0.25) is 0 Å². The van der Waals surface area contributed by atoms with Gasteiger partial charge in [-0.25, -0.2) is 0 Å². The third-order valence-electron chi connectivity index (χ3n) is 7.88. The standard InChI is InChI=1S/C32H19ClSi/c33-24-13-14-26-28-16-21-8-2-4-10-23(21)18-31(28)34(32(26)19-24)29-12-6-5-11-25(29)27-15-20-7-1-3-9-22(20)17-30(27)34/h1-19H. The predicted octanol–water partition coefficient (Wildman–Crippen LogP) is 5.98. The van der Waals surface area contributed by atoms with E-state index in [0.717, 1.165) is 5.02 Å². The van der Waals surface area contributed by atoms with Gasteiger partial charge in [0.05, 0.1) is 0 Å². The van der Waals surface area contributed by atoms with Gasteiger partial charge in [-0.2, -0.15) is 0 Å². The fourth-order valence-corrected chi connectivity index (χ4v) is 12.5. The van der Waals surface area contributed by atoms with Crippen molar-refractivity contribution in [2.24, 2.45) is 0 Å². The van der Waals surface area contributed by atoms with Gasteiger partial charge < -0.3 is 0 Å². The number of hydrogen-bond acceptors (Lipinski definition) is 0. The van der Waals surface area contributed by atoms with Crippen LogP contribution in [0.25, 0.3) is 43.8 Å². The molecule has 0 radical (unpaired) electrons. The van der Waals surface area contributed by atoms with Crippen molar-refractivity contribution in [2.75, 3.05) is 0 Å². The third kappa shape index (κ3) is 2.19. The molecule has 158 valence electrons. The van der Waals surface area contributed by atoms with Gasteiger partial charge in [-0.1, -0.05) is 103 Å². The Hall–Kier alpha value is -3.65. The lowest BCUT2D eigenvalue weighted by Crippen LogP contribution is -2.70. The Kier molecular flexibility index (Phi) is 3.57. The van der Waals surface area contributed by atoms with E-state index in [1.165, 1.54) is 64.5 Å². The molecule has 1 unspecified atom stereocenters. The van der Waals surface area contributed by atoms with Crippen LogP contribution in [0.15, 0.2) is 115 Å². The van der Waals surface area contributed by atoms with Crippen molar-refractivity contribution in [3.8, 4) is 22.3 Å². The first-order valence-electron chi connectivity index (χ1n) is 11.7. The van der Waals surface area contributed by atoms with Crippen LogP contribution in [0.5, 0.6) is 0 Å². The Labute approximate surface area is 204 Å². The minimum Gasteiger partial charge on any atom is -0.0843 e. The lowest BCUT2D eigenvalue weighted by molar-refractivity contribution is 1.72. The summed E-state index contributed by atoms with van der Waals surface area (Å²) in [5.74, 6) is 0. The minimum absolute atomic E-state index is 0.815. The van der Waals surface area contributed by atoms with Gasteiger partial charge in [0.25, 0.3) is 0 Å². The molecule has 0 nitrogen and oxygen atoms in total. The molecule has 6 aromatic carbocycles. The summed E-state index contributed by atoms with van der Waals surface area (Å²) in [5.41, 5.74) is 5.47. The van der Waals surface area contributed by atoms with Crippen LogP contribution in [0.3, 0.4) is 0 Å². The molecule has 2 heterocycles. The maximum absolute atomic E-state index is 6.70. The van der Waals surface area contributed by atoms with Crippen LogP contribution in [0, 0.1) is 0 Å². The van der Waals surface area contributed by atoms with E-state index in [2.05, 4.69) is 115 Å². The van der Waals surface area contributed by atoms with Crippen LogP contribution < -0.4 is 20.7 Å². The molecule has 6 aromatic rings. The third-order valence-corrected chi connectivity index (χ3v) is 13.0. The zero-order chi connectivity index (χ0) is 22.4. The molecular formula is C32H19ClSi. The molecule has 2 aliphatic heterocycles. The average Bonchev–Trinajstić information content (AvgIpc) is 3.32. The lowest BCUT2D eigenvalue weighted by atomic mass is 10.0. The Bertz CT molecular complexity index is 1810. The number of rotatable bonds is 0. The Balaban J connectivity index is 1.62. The molecule has 0 aliphatic carbocycles. The van der Waals surface area contributed by atoms with Gasteiger partial charge in [0, 0.05) is 5.02 Å². The number of halogens is 1. The van der Waals surface area contributed by atoms with Gasteiger partial charge >= 0.3 is 0 Å². The van der Waals surface area contributed by atoms with Gasteiger partial charge in [0.15, 0.2) is 8.07 Å². The highest BCUT2D eigenvalue weighted by molar-refractivity contribution is 7.24. The summed E-state index contributed by atoms with van der Waals surface area (Å²) in [4.78, 5) is 0. The Morgan fingerprint density at radius 3 is 1.47 bits per heavy atom. The monoisotopic (exact) mass is 466 g/mol. The zero-order valence-corrected chi connectivity index (χ0v) is 20.1. The highest BCUT2D eigenvalue weighted by atomic mass is 35.5. The van der Waals surface area contributed by atoms with Crippen molar-refractivity contribution in [3.05, 3.63) is 120 Å². The largest absolute Gasteiger partial charge is 0.182 e. The molecule has 0 amide bonds. The van der Waals surface area contributed by atoms with Crippen molar-refractivity contribution in [2.45, 2.75) is 0 Å². The summed E-state index contributed by atoms with van der Waals surface area (Å²) in [6, 6.07) is 42.9. The maximum atomic E-state index is 6.70. The fraction of sp³-hybridized carbons (Fsp3) is 0. The topological polar surface area (TPSA) is 0 Å². The first kappa shape index (κ1) is 18.7. The fourth-order valence-electron chi connectivity index (χ4n) is 6.52. The molecular weight excluding hydrogens is 448 g/mol. The number of hydrogen-bond donors (Lipinski definition) is 0. The first-order valence-corrected chi connectivity index (χ1v) is 14.1. The number of fused-ring (bicyclic) bond motifs is 12. The lowest BCUT2D eigenvalue weighted by Gasteiger charge is -2.28. The highest BCUT2D eigenvalue weighted by Crippen LogP contribution is 2.39. The predicted molar refractivity (Wildman–Crippen MR) is 148 cm³/mol. The summed E-state index contributed by atoms with van der Waals surface area (Å²) in [7, 11) is -2.50. The molecule has 8 rings (SSSR count). The van der Waals surface area contributed by atoms with E-state index in [0.29, 0.717) is 0 Å². The van der Waals surface area contributed by atoms with Gasteiger partial charge in [-0.15, -0.1) is 0 Å². The molecule has 1 spiro atoms. The summed E-state index contributed by atoms with van der Waals surface area (Å²) in [6.07, 6.45) is 0. The van der Waals surface area contributed by atoms with E-state index in [4.69, 9.17) is 11.6 Å². The molecule has 1 atom stereocenters. The highest BCUT2D eigenvalue weighted by Gasteiger charge is 2.54. The van der Waals surface area contributed by atoms with E-state index in [9.17, 15) is 0 Å². The molecule has 2 aliphatic rings. The molecule has 0 bridgehead atoms. The first-order chi connectivity index (χ1) is 16.7. The molecule has 0 saturated carbocycles. The van der Waals surface area contributed by atoms with Crippen molar-refractivity contribution in [1.82, 2.24) is 0 Å². The molecule has 0 fully saturated rings. The van der Waals surface area contributed by atoms with Gasteiger partial charge in [-0.05, 0) is 88.8 Å². The molecule has 2 heteroatoms. The van der Waals surface area contributed by atoms with Crippen LogP contribution in [0.1, 0.15) is 0 Å². The van der Waals surface area contributed by atoms with Crippen molar-refractivity contribution in [1.29, 1.82) is 0 Å². The summed E-state index contributed by atoms with van der Waals surface area (Å²) in [6.45, 7) is 0. The van der Waals surface area contributed by atoms with E-state index < -0.39 is 8.07 Å². The Morgan fingerprint density at radius 1 is 0.382 bits per heavy atom. The maximum Gasteiger partial charge on any atom is 0.182 e. The Morgan fingerprint density at radius 2 is 0.853 bits per heavy atom. The molecule has 0 N–H and O–H groups in total. The van der Waals surface area contributed by atoms with Gasteiger partial charge in [-0.3, -0.25) is 0 Å². The minimum atomic E-state index is -2.50. The van der Waals surface area contributed by atoms with Crippen LogP contribution in [0.4, 0.5) is 0 Å². The van der Waals surface area contributed by atoms with Crippen molar-refractivity contribution in [3.63, 3.8) is 0 Å². The van der Waals surface area contributed by atoms with E-state index in [1.807, 2.05) is 0 Å². The van der Waals surface area contributed by atoms with E-state index in [1.54, 1.807) is 0 Å². The average molecular weight is 467 g/mol. The zero-order valence-electron chi connectivity index (χ0n) is 18.3. The van der Waals surface area contributed by atoms with Crippen LogP contribution in [-0.2, 0) is 0 Å². The van der Waals surface area contributed by atoms with Crippen molar-refractivity contribution < 1.29 is 0 Å². The van der Waals surface area contributed by atoms with E-state index in [-0.39, 0.29) is 0 Å². The summed E-state index contributed by atoms with van der Waals surface area (Å²) < 4.78 is 0.